The number of hydrogen-bond donors (Lipinski definition) is 0. The molecule has 23 heavy (non-hydrogen) atoms. The molecule has 4 nitrogen and oxygen atoms in total. The molecule has 0 bridgehead atoms. The SMILES string of the molecule is COc1ccc(/C=C/c2cc(=O)c3ccc(OC)cc3o2)cc1. The van der Waals surface area contributed by atoms with Crippen LogP contribution in [-0.2, 0) is 0 Å². The maximum atomic E-state index is 12.1. The summed E-state index contributed by atoms with van der Waals surface area (Å²) < 4.78 is 16.0. The van der Waals surface area contributed by atoms with Crippen LogP contribution in [0.5, 0.6) is 11.5 Å². The first-order chi connectivity index (χ1) is 11.2. The molecule has 0 atom stereocenters. The Balaban J connectivity index is 1.95. The summed E-state index contributed by atoms with van der Waals surface area (Å²) in [6.07, 6.45) is 3.64. The van der Waals surface area contributed by atoms with Gasteiger partial charge in [-0.05, 0) is 35.9 Å². The van der Waals surface area contributed by atoms with E-state index in [1.807, 2.05) is 30.3 Å². The average molecular weight is 308 g/mol. The lowest BCUT2D eigenvalue weighted by atomic mass is 10.1. The molecule has 0 aliphatic rings. The molecule has 0 aliphatic heterocycles. The van der Waals surface area contributed by atoms with E-state index in [1.165, 1.54) is 6.07 Å². The van der Waals surface area contributed by atoms with Crippen molar-refractivity contribution in [1.82, 2.24) is 0 Å². The normalized spacial score (nSPS) is 11.0. The molecule has 0 unspecified atom stereocenters. The fraction of sp³-hybridized carbons (Fsp3) is 0.105. The summed E-state index contributed by atoms with van der Waals surface area (Å²) in [5.74, 6) is 1.94. The zero-order valence-electron chi connectivity index (χ0n) is 12.9. The van der Waals surface area contributed by atoms with Crippen LogP contribution in [0, 0.1) is 0 Å². The topological polar surface area (TPSA) is 48.7 Å². The van der Waals surface area contributed by atoms with Gasteiger partial charge in [0, 0.05) is 12.1 Å². The van der Waals surface area contributed by atoms with Gasteiger partial charge in [0.15, 0.2) is 5.43 Å². The van der Waals surface area contributed by atoms with Gasteiger partial charge in [0.25, 0.3) is 0 Å². The van der Waals surface area contributed by atoms with Gasteiger partial charge < -0.3 is 13.9 Å². The minimum absolute atomic E-state index is 0.0803. The molecule has 116 valence electrons. The van der Waals surface area contributed by atoms with E-state index in [-0.39, 0.29) is 5.43 Å². The summed E-state index contributed by atoms with van der Waals surface area (Å²) in [6.45, 7) is 0. The molecule has 1 aromatic heterocycles. The zero-order valence-corrected chi connectivity index (χ0v) is 12.9. The summed E-state index contributed by atoms with van der Waals surface area (Å²) in [5.41, 5.74) is 1.41. The Morgan fingerprint density at radius 1 is 0.870 bits per heavy atom. The van der Waals surface area contributed by atoms with Crippen LogP contribution < -0.4 is 14.9 Å². The van der Waals surface area contributed by atoms with Crippen LogP contribution in [0.15, 0.2) is 57.7 Å². The van der Waals surface area contributed by atoms with Gasteiger partial charge >= 0.3 is 0 Å². The van der Waals surface area contributed by atoms with Crippen molar-refractivity contribution >= 4 is 23.1 Å². The van der Waals surface area contributed by atoms with Gasteiger partial charge in [-0.3, -0.25) is 4.79 Å². The van der Waals surface area contributed by atoms with Crippen molar-refractivity contribution in [3.8, 4) is 11.5 Å². The van der Waals surface area contributed by atoms with Crippen molar-refractivity contribution in [1.29, 1.82) is 0 Å². The van der Waals surface area contributed by atoms with E-state index in [4.69, 9.17) is 13.9 Å². The highest BCUT2D eigenvalue weighted by Gasteiger charge is 2.04. The van der Waals surface area contributed by atoms with E-state index in [0.29, 0.717) is 22.5 Å². The van der Waals surface area contributed by atoms with E-state index in [0.717, 1.165) is 11.3 Å². The summed E-state index contributed by atoms with van der Waals surface area (Å²) in [4.78, 5) is 12.1. The second-order valence-electron chi connectivity index (χ2n) is 4.98. The van der Waals surface area contributed by atoms with E-state index in [2.05, 4.69) is 0 Å². The minimum atomic E-state index is -0.0803. The summed E-state index contributed by atoms with van der Waals surface area (Å²) in [6, 6.07) is 14.2. The van der Waals surface area contributed by atoms with E-state index in [1.54, 1.807) is 38.5 Å². The first kappa shape index (κ1) is 14.9. The first-order valence-corrected chi connectivity index (χ1v) is 7.13. The average Bonchev–Trinajstić information content (AvgIpc) is 2.60. The number of hydrogen-bond acceptors (Lipinski definition) is 4. The Kier molecular flexibility index (Phi) is 4.15. The van der Waals surface area contributed by atoms with Crippen LogP contribution in [0.1, 0.15) is 11.3 Å². The predicted molar refractivity (Wildman–Crippen MR) is 91.0 cm³/mol. The van der Waals surface area contributed by atoms with Crippen LogP contribution in [0.2, 0.25) is 0 Å². The molecule has 3 aromatic rings. The molecule has 0 spiro atoms. The molecule has 2 aromatic carbocycles. The molecule has 1 heterocycles. The van der Waals surface area contributed by atoms with Crippen LogP contribution in [0.4, 0.5) is 0 Å². The molecule has 3 rings (SSSR count). The van der Waals surface area contributed by atoms with Gasteiger partial charge in [0.05, 0.1) is 19.6 Å². The number of methoxy groups -OCH3 is 2. The highest BCUT2D eigenvalue weighted by molar-refractivity contribution is 5.79. The predicted octanol–water partition coefficient (Wildman–Crippen LogP) is 3.98. The summed E-state index contributed by atoms with van der Waals surface area (Å²) in [7, 11) is 3.20. The van der Waals surface area contributed by atoms with E-state index < -0.39 is 0 Å². The molecule has 0 amide bonds. The van der Waals surface area contributed by atoms with Crippen LogP contribution >= 0.6 is 0 Å². The molecular formula is C19H16O4. The Bertz CT molecular complexity index is 905. The Morgan fingerprint density at radius 2 is 1.57 bits per heavy atom. The minimum Gasteiger partial charge on any atom is -0.497 e. The lowest BCUT2D eigenvalue weighted by Crippen LogP contribution is -2.00. The monoisotopic (exact) mass is 308 g/mol. The number of rotatable bonds is 4. The fourth-order valence-corrected chi connectivity index (χ4v) is 2.26. The van der Waals surface area contributed by atoms with Crippen LogP contribution in [0.3, 0.4) is 0 Å². The quantitative estimate of drug-likeness (QED) is 0.731. The second kappa shape index (κ2) is 6.40. The lowest BCUT2D eigenvalue weighted by Gasteiger charge is -2.02. The highest BCUT2D eigenvalue weighted by Crippen LogP contribution is 2.20. The zero-order chi connectivity index (χ0) is 16.2. The van der Waals surface area contributed by atoms with Crippen molar-refractivity contribution in [2.75, 3.05) is 14.2 Å². The molecule has 0 aliphatic carbocycles. The Labute approximate surface area is 133 Å². The van der Waals surface area contributed by atoms with Crippen molar-refractivity contribution < 1.29 is 13.9 Å². The lowest BCUT2D eigenvalue weighted by molar-refractivity contribution is 0.414. The number of ether oxygens (including phenoxy) is 2. The van der Waals surface area contributed by atoms with E-state index in [9.17, 15) is 4.79 Å². The van der Waals surface area contributed by atoms with Gasteiger partial charge in [0.1, 0.15) is 22.8 Å². The molecule has 0 N–H and O–H groups in total. The van der Waals surface area contributed by atoms with Gasteiger partial charge in [-0.25, -0.2) is 0 Å². The maximum Gasteiger partial charge on any atom is 0.193 e. The number of fused-ring (bicyclic) bond motifs is 1. The second-order valence-corrected chi connectivity index (χ2v) is 4.98. The van der Waals surface area contributed by atoms with Crippen molar-refractivity contribution in [3.63, 3.8) is 0 Å². The Morgan fingerprint density at radius 3 is 2.26 bits per heavy atom. The molecule has 0 radical (unpaired) electrons. The molecular weight excluding hydrogens is 292 g/mol. The molecule has 0 saturated carbocycles. The van der Waals surface area contributed by atoms with Crippen molar-refractivity contribution in [3.05, 3.63) is 70.1 Å². The van der Waals surface area contributed by atoms with Gasteiger partial charge in [-0.15, -0.1) is 0 Å². The third-order valence-corrected chi connectivity index (χ3v) is 3.51. The summed E-state index contributed by atoms with van der Waals surface area (Å²) >= 11 is 0. The van der Waals surface area contributed by atoms with Crippen molar-refractivity contribution in [2.45, 2.75) is 0 Å². The number of benzene rings is 2. The van der Waals surface area contributed by atoms with E-state index >= 15 is 0 Å². The van der Waals surface area contributed by atoms with Gasteiger partial charge in [-0.2, -0.15) is 0 Å². The third kappa shape index (κ3) is 3.26. The molecule has 4 heteroatoms. The van der Waals surface area contributed by atoms with Crippen LogP contribution in [0.25, 0.3) is 23.1 Å². The maximum absolute atomic E-state index is 12.1. The standard InChI is InChI=1S/C19H16O4/c1-21-14-6-3-13(4-7-14)5-8-16-11-18(20)17-10-9-15(22-2)12-19(17)23-16/h3-12H,1-2H3/b8-5+. The summed E-state index contributed by atoms with van der Waals surface area (Å²) in [5, 5.41) is 0.535. The van der Waals surface area contributed by atoms with Crippen LogP contribution in [-0.4, -0.2) is 14.2 Å². The first-order valence-electron chi connectivity index (χ1n) is 7.13. The van der Waals surface area contributed by atoms with Crippen molar-refractivity contribution in [2.24, 2.45) is 0 Å². The highest BCUT2D eigenvalue weighted by atomic mass is 16.5. The fourth-order valence-electron chi connectivity index (χ4n) is 2.26. The van der Waals surface area contributed by atoms with Gasteiger partial charge in [0.2, 0.25) is 0 Å². The smallest absolute Gasteiger partial charge is 0.193 e. The molecule has 0 fully saturated rings. The third-order valence-electron chi connectivity index (χ3n) is 3.51. The largest absolute Gasteiger partial charge is 0.497 e. The Hall–Kier alpha value is -3.01. The molecule has 0 saturated heterocycles. The van der Waals surface area contributed by atoms with Gasteiger partial charge in [-0.1, -0.05) is 18.2 Å².